The summed E-state index contributed by atoms with van der Waals surface area (Å²) >= 11 is 0. The average Bonchev–Trinajstić information content (AvgIpc) is 2.32. The van der Waals surface area contributed by atoms with Crippen LogP contribution in [0.2, 0.25) is 0 Å². The second-order valence-electron chi connectivity index (χ2n) is 6.49. The lowest BCUT2D eigenvalue weighted by atomic mass is 9.86. The first-order chi connectivity index (χ1) is 8.61. The SMILES string of the molecule is CCCCC(C)C(N)C(=O)NC(C)C(=O)C(C)(C)C. The molecule has 3 unspecified atom stereocenters. The van der Waals surface area contributed by atoms with Crippen LogP contribution in [0.5, 0.6) is 0 Å². The number of nitrogens with two attached hydrogens (primary N) is 1. The van der Waals surface area contributed by atoms with Gasteiger partial charge in [-0.25, -0.2) is 0 Å². The van der Waals surface area contributed by atoms with Crippen LogP contribution in [0.25, 0.3) is 0 Å². The molecule has 3 N–H and O–H groups in total. The van der Waals surface area contributed by atoms with Crippen LogP contribution < -0.4 is 11.1 Å². The van der Waals surface area contributed by atoms with Crippen LogP contribution in [0.1, 0.15) is 60.8 Å². The number of amides is 1. The predicted octanol–water partition coefficient (Wildman–Crippen LogP) is 2.26. The van der Waals surface area contributed by atoms with Crippen molar-refractivity contribution in [2.75, 3.05) is 0 Å². The van der Waals surface area contributed by atoms with E-state index < -0.39 is 17.5 Å². The molecule has 3 atom stereocenters. The maximum absolute atomic E-state index is 12.0. The Morgan fingerprint density at radius 3 is 2.16 bits per heavy atom. The number of rotatable bonds is 7. The van der Waals surface area contributed by atoms with Crippen LogP contribution in [-0.2, 0) is 9.59 Å². The minimum absolute atomic E-state index is 0.0225. The summed E-state index contributed by atoms with van der Waals surface area (Å²) in [6, 6.07) is -1.03. The van der Waals surface area contributed by atoms with E-state index in [4.69, 9.17) is 5.73 Å². The zero-order chi connectivity index (χ0) is 15.2. The first-order valence-corrected chi connectivity index (χ1v) is 7.21. The molecule has 0 aromatic rings. The van der Waals surface area contributed by atoms with Gasteiger partial charge in [0.05, 0.1) is 12.1 Å². The van der Waals surface area contributed by atoms with Gasteiger partial charge in [0.25, 0.3) is 0 Å². The second-order valence-corrected chi connectivity index (χ2v) is 6.49. The van der Waals surface area contributed by atoms with Crippen molar-refractivity contribution in [3.63, 3.8) is 0 Å². The molecule has 0 saturated carbocycles. The van der Waals surface area contributed by atoms with E-state index in [1.54, 1.807) is 6.92 Å². The van der Waals surface area contributed by atoms with Gasteiger partial charge in [0.1, 0.15) is 0 Å². The van der Waals surface area contributed by atoms with Crippen LogP contribution in [-0.4, -0.2) is 23.8 Å². The van der Waals surface area contributed by atoms with Gasteiger partial charge >= 0.3 is 0 Å². The lowest BCUT2D eigenvalue weighted by Crippen LogP contribution is -2.51. The highest BCUT2D eigenvalue weighted by Crippen LogP contribution is 2.17. The van der Waals surface area contributed by atoms with Gasteiger partial charge in [0, 0.05) is 5.41 Å². The Bertz CT molecular complexity index is 308. The van der Waals surface area contributed by atoms with E-state index in [2.05, 4.69) is 12.2 Å². The van der Waals surface area contributed by atoms with Crippen molar-refractivity contribution in [1.29, 1.82) is 0 Å². The predicted molar refractivity (Wildman–Crippen MR) is 78.7 cm³/mol. The van der Waals surface area contributed by atoms with E-state index in [1.807, 2.05) is 27.7 Å². The van der Waals surface area contributed by atoms with E-state index >= 15 is 0 Å². The number of unbranched alkanes of at least 4 members (excludes halogenated alkanes) is 1. The summed E-state index contributed by atoms with van der Waals surface area (Å²) in [4.78, 5) is 24.0. The van der Waals surface area contributed by atoms with Crippen LogP contribution in [0.3, 0.4) is 0 Å². The third-order valence-electron chi connectivity index (χ3n) is 3.42. The topological polar surface area (TPSA) is 72.2 Å². The first kappa shape index (κ1) is 18.1. The van der Waals surface area contributed by atoms with Crippen molar-refractivity contribution in [3.8, 4) is 0 Å². The minimum Gasteiger partial charge on any atom is -0.345 e. The molecular formula is C15H30N2O2. The number of ketones is 1. The molecule has 0 aromatic heterocycles. The molecule has 0 aliphatic rings. The molecule has 112 valence electrons. The fourth-order valence-electron chi connectivity index (χ4n) is 1.99. The van der Waals surface area contributed by atoms with Crippen LogP contribution in [0.15, 0.2) is 0 Å². The smallest absolute Gasteiger partial charge is 0.237 e. The Morgan fingerprint density at radius 2 is 1.74 bits per heavy atom. The van der Waals surface area contributed by atoms with Crippen LogP contribution >= 0.6 is 0 Å². The Hall–Kier alpha value is -0.900. The standard InChI is InChI=1S/C15H30N2O2/c1-7-8-9-10(2)12(16)14(19)17-11(3)13(18)15(4,5)6/h10-12H,7-9,16H2,1-6H3,(H,17,19). The highest BCUT2D eigenvalue weighted by Gasteiger charge is 2.29. The number of carbonyl (C=O) groups is 2. The van der Waals surface area contributed by atoms with E-state index in [0.717, 1.165) is 19.3 Å². The van der Waals surface area contributed by atoms with Crippen molar-refractivity contribution in [2.45, 2.75) is 72.9 Å². The average molecular weight is 270 g/mol. The van der Waals surface area contributed by atoms with Crippen molar-refractivity contribution < 1.29 is 9.59 Å². The van der Waals surface area contributed by atoms with Gasteiger partial charge in [-0.3, -0.25) is 9.59 Å². The van der Waals surface area contributed by atoms with Gasteiger partial charge in [-0.05, 0) is 19.3 Å². The maximum atomic E-state index is 12.0. The van der Waals surface area contributed by atoms with Gasteiger partial charge < -0.3 is 11.1 Å². The summed E-state index contributed by atoms with van der Waals surface area (Å²) in [7, 11) is 0. The summed E-state index contributed by atoms with van der Waals surface area (Å²) in [5.41, 5.74) is 5.48. The van der Waals surface area contributed by atoms with E-state index in [0.29, 0.717) is 0 Å². The van der Waals surface area contributed by atoms with Gasteiger partial charge in [-0.2, -0.15) is 0 Å². The zero-order valence-electron chi connectivity index (χ0n) is 13.2. The molecular weight excluding hydrogens is 240 g/mol. The molecule has 1 amide bonds. The van der Waals surface area contributed by atoms with Crippen LogP contribution in [0.4, 0.5) is 0 Å². The first-order valence-electron chi connectivity index (χ1n) is 7.21. The van der Waals surface area contributed by atoms with Crippen molar-refractivity contribution >= 4 is 11.7 Å². The molecule has 0 fully saturated rings. The number of carbonyl (C=O) groups excluding carboxylic acids is 2. The summed E-state index contributed by atoms with van der Waals surface area (Å²) in [5.74, 6) is -0.0696. The molecule has 4 nitrogen and oxygen atoms in total. The lowest BCUT2D eigenvalue weighted by molar-refractivity contribution is -0.132. The van der Waals surface area contributed by atoms with Gasteiger partial charge in [0.15, 0.2) is 5.78 Å². The molecule has 0 aliphatic heterocycles. The lowest BCUT2D eigenvalue weighted by Gasteiger charge is -2.25. The third kappa shape index (κ3) is 6.19. The number of hydrogen-bond acceptors (Lipinski definition) is 3. The normalized spacial score (nSPS) is 16.6. The molecule has 0 aliphatic carbocycles. The van der Waals surface area contributed by atoms with Crippen LogP contribution in [0, 0.1) is 11.3 Å². The summed E-state index contributed by atoms with van der Waals surface area (Å²) in [6.45, 7) is 11.4. The Balaban J connectivity index is 4.40. The van der Waals surface area contributed by atoms with Gasteiger partial charge in [-0.15, -0.1) is 0 Å². The Kier molecular flexibility index (Phi) is 7.27. The summed E-state index contributed by atoms with van der Waals surface area (Å²) < 4.78 is 0. The molecule has 4 heteroatoms. The Morgan fingerprint density at radius 1 is 1.21 bits per heavy atom. The van der Waals surface area contributed by atoms with E-state index in [-0.39, 0.29) is 17.6 Å². The maximum Gasteiger partial charge on any atom is 0.237 e. The fraction of sp³-hybridized carbons (Fsp3) is 0.867. The monoisotopic (exact) mass is 270 g/mol. The summed E-state index contributed by atoms with van der Waals surface area (Å²) in [5, 5.41) is 2.73. The number of hydrogen-bond donors (Lipinski definition) is 2. The molecule has 19 heavy (non-hydrogen) atoms. The van der Waals surface area contributed by atoms with Crippen molar-refractivity contribution in [3.05, 3.63) is 0 Å². The van der Waals surface area contributed by atoms with E-state index in [9.17, 15) is 9.59 Å². The number of Topliss-reactive ketones (excluding diaryl/α,β-unsaturated/α-hetero) is 1. The molecule has 0 spiro atoms. The summed E-state index contributed by atoms with van der Waals surface area (Å²) in [6.07, 6.45) is 3.10. The highest BCUT2D eigenvalue weighted by molar-refractivity contribution is 5.93. The van der Waals surface area contributed by atoms with Crippen molar-refractivity contribution in [1.82, 2.24) is 5.32 Å². The molecule has 0 aromatic carbocycles. The zero-order valence-corrected chi connectivity index (χ0v) is 13.2. The van der Waals surface area contributed by atoms with Crippen molar-refractivity contribution in [2.24, 2.45) is 17.1 Å². The molecule has 0 rings (SSSR count). The highest BCUT2D eigenvalue weighted by atomic mass is 16.2. The second kappa shape index (κ2) is 7.63. The molecule has 0 saturated heterocycles. The number of nitrogens with one attached hydrogen (secondary N) is 1. The molecule has 0 heterocycles. The van der Waals surface area contributed by atoms with Gasteiger partial charge in [0.2, 0.25) is 5.91 Å². The minimum atomic E-state index is -0.540. The quantitative estimate of drug-likeness (QED) is 0.745. The Labute approximate surface area is 117 Å². The van der Waals surface area contributed by atoms with E-state index in [1.165, 1.54) is 0 Å². The fourth-order valence-corrected chi connectivity index (χ4v) is 1.99. The molecule has 0 bridgehead atoms. The largest absolute Gasteiger partial charge is 0.345 e. The van der Waals surface area contributed by atoms with Gasteiger partial charge in [-0.1, -0.05) is 47.5 Å². The molecule has 0 radical (unpaired) electrons. The third-order valence-corrected chi connectivity index (χ3v) is 3.42.